The molecule has 0 bridgehead atoms. The second kappa shape index (κ2) is 5.11. The zero-order chi connectivity index (χ0) is 14.2. The van der Waals surface area contributed by atoms with Gasteiger partial charge in [-0.3, -0.25) is 0 Å². The van der Waals surface area contributed by atoms with Gasteiger partial charge in [0.1, 0.15) is 0 Å². The van der Waals surface area contributed by atoms with Crippen LogP contribution in [-0.4, -0.2) is 9.78 Å². The molecular weight excluding hydrogens is 298 g/mol. The number of hydrogen-bond donors (Lipinski definition) is 1. The number of aromatic nitrogens is 2. The van der Waals surface area contributed by atoms with Gasteiger partial charge in [-0.2, -0.15) is 5.10 Å². The average molecular weight is 311 g/mol. The monoisotopic (exact) mass is 311 g/mol. The van der Waals surface area contributed by atoms with Gasteiger partial charge in [0.25, 0.3) is 0 Å². The zero-order valence-corrected chi connectivity index (χ0v) is 12.8. The van der Waals surface area contributed by atoms with Crippen molar-refractivity contribution in [1.82, 2.24) is 9.78 Å². The van der Waals surface area contributed by atoms with Crippen molar-refractivity contribution in [3.05, 3.63) is 70.7 Å². The van der Waals surface area contributed by atoms with E-state index in [4.69, 9.17) is 5.73 Å². The highest BCUT2D eigenvalue weighted by Gasteiger charge is 2.15. The molecule has 3 aromatic heterocycles. The fourth-order valence-corrected chi connectivity index (χ4v) is 4.47. The fourth-order valence-electron chi connectivity index (χ4n) is 2.32. The maximum Gasteiger partial charge on any atom is 0.0677 e. The van der Waals surface area contributed by atoms with Crippen molar-refractivity contribution in [1.29, 1.82) is 0 Å². The molecule has 0 saturated heterocycles. The van der Waals surface area contributed by atoms with Crippen LogP contribution in [0, 0.1) is 0 Å². The van der Waals surface area contributed by atoms with Crippen molar-refractivity contribution < 1.29 is 0 Å². The summed E-state index contributed by atoms with van der Waals surface area (Å²) in [7, 11) is 0. The van der Waals surface area contributed by atoms with E-state index in [-0.39, 0.29) is 6.04 Å². The van der Waals surface area contributed by atoms with E-state index in [9.17, 15) is 0 Å². The molecule has 1 aromatic carbocycles. The van der Waals surface area contributed by atoms with Crippen molar-refractivity contribution in [3.8, 4) is 5.69 Å². The number of thiophene rings is 2. The van der Waals surface area contributed by atoms with E-state index in [1.807, 2.05) is 47.4 Å². The van der Waals surface area contributed by atoms with Crippen LogP contribution in [0.15, 0.2) is 60.2 Å². The minimum Gasteiger partial charge on any atom is -0.320 e. The minimum atomic E-state index is -0.118. The molecular formula is C16H13N3S2. The van der Waals surface area contributed by atoms with E-state index < -0.39 is 0 Å². The van der Waals surface area contributed by atoms with E-state index in [0.29, 0.717) is 0 Å². The Hall–Kier alpha value is -1.95. The smallest absolute Gasteiger partial charge is 0.0677 e. The summed E-state index contributed by atoms with van der Waals surface area (Å²) >= 11 is 3.52. The van der Waals surface area contributed by atoms with Gasteiger partial charge in [-0.05, 0) is 29.6 Å². The van der Waals surface area contributed by atoms with Crippen LogP contribution in [0.2, 0.25) is 0 Å². The van der Waals surface area contributed by atoms with E-state index in [0.717, 1.165) is 11.3 Å². The van der Waals surface area contributed by atoms with Gasteiger partial charge in [0.05, 0.1) is 17.9 Å². The van der Waals surface area contributed by atoms with E-state index in [1.54, 1.807) is 22.7 Å². The van der Waals surface area contributed by atoms with Crippen LogP contribution in [0.4, 0.5) is 0 Å². The second-order valence-electron chi connectivity index (χ2n) is 4.83. The van der Waals surface area contributed by atoms with Crippen LogP contribution in [0.3, 0.4) is 0 Å². The fraction of sp³-hybridized carbons (Fsp3) is 0.0625. The van der Waals surface area contributed by atoms with Crippen LogP contribution in [0.1, 0.15) is 16.5 Å². The lowest BCUT2D eigenvalue weighted by molar-refractivity contribution is 0.872. The minimum absolute atomic E-state index is 0.118. The molecule has 1 unspecified atom stereocenters. The van der Waals surface area contributed by atoms with Gasteiger partial charge in [-0.25, -0.2) is 4.68 Å². The van der Waals surface area contributed by atoms with Crippen molar-refractivity contribution in [2.75, 3.05) is 0 Å². The highest BCUT2D eigenvalue weighted by Crippen LogP contribution is 2.34. The second-order valence-corrected chi connectivity index (χ2v) is 6.89. The Balaban J connectivity index is 1.67. The zero-order valence-electron chi connectivity index (χ0n) is 11.1. The quantitative estimate of drug-likeness (QED) is 0.616. The Morgan fingerprint density at radius 2 is 1.95 bits per heavy atom. The normalized spacial score (nSPS) is 12.8. The van der Waals surface area contributed by atoms with Crippen LogP contribution in [0.5, 0.6) is 0 Å². The molecule has 3 nitrogen and oxygen atoms in total. The maximum atomic E-state index is 6.39. The van der Waals surface area contributed by atoms with Gasteiger partial charge in [0.15, 0.2) is 0 Å². The molecule has 1 atom stereocenters. The van der Waals surface area contributed by atoms with Gasteiger partial charge < -0.3 is 5.73 Å². The number of hydrogen-bond acceptors (Lipinski definition) is 4. The topological polar surface area (TPSA) is 43.8 Å². The standard InChI is InChI=1S/C16H13N3S2/c17-16(15-8-14-13(21-15)6-7-20-14)11-9-18-19(10-11)12-4-2-1-3-5-12/h1-10,16H,17H2. The average Bonchev–Trinajstić information content (AvgIpc) is 3.22. The molecule has 4 aromatic rings. The molecule has 0 aliphatic heterocycles. The predicted molar refractivity (Wildman–Crippen MR) is 89.3 cm³/mol. The molecule has 0 aliphatic rings. The number of benzene rings is 1. The van der Waals surface area contributed by atoms with Gasteiger partial charge in [0, 0.05) is 26.0 Å². The lowest BCUT2D eigenvalue weighted by Gasteiger charge is -2.06. The molecule has 3 heterocycles. The summed E-state index contributed by atoms with van der Waals surface area (Å²) < 4.78 is 4.48. The lowest BCUT2D eigenvalue weighted by atomic mass is 10.1. The Labute approximate surface area is 130 Å². The molecule has 2 N–H and O–H groups in total. The first-order valence-corrected chi connectivity index (χ1v) is 8.33. The molecule has 0 spiro atoms. The van der Waals surface area contributed by atoms with Crippen molar-refractivity contribution in [2.24, 2.45) is 5.73 Å². The van der Waals surface area contributed by atoms with Crippen LogP contribution < -0.4 is 5.73 Å². The number of nitrogens with two attached hydrogens (primary N) is 1. The van der Waals surface area contributed by atoms with E-state index in [1.165, 1.54) is 14.3 Å². The number of rotatable bonds is 3. The first-order chi connectivity index (χ1) is 10.3. The molecule has 104 valence electrons. The summed E-state index contributed by atoms with van der Waals surface area (Å²) in [5, 5.41) is 6.53. The Kier molecular flexibility index (Phi) is 3.11. The molecule has 0 aliphatic carbocycles. The molecule has 0 fully saturated rings. The van der Waals surface area contributed by atoms with E-state index in [2.05, 4.69) is 22.6 Å². The van der Waals surface area contributed by atoms with Gasteiger partial charge in [0.2, 0.25) is 0 Å². The first-order valence-electron chi connectivity index (χ1n) is 6.64. The number of para-hydroxylation sites is 1. The van der Waals surface area contributed by atoms with Crippen molar-refractivity contribution >= 4 is 32.1 Å². The first kappa shape index (κ1) is 12.8. The highest BCUT2D eigenvalue weighted by molar-refractivity contribution is 7.27. The Morgan fingerprint density at radius 1 is 1.10 bits per heavy atom. The molecule has 5 heteroatoms. The number of nitrogens with zero attached hydrogens (tertiary/aromatic N) is 2. The third-order valence-electron chi connectivity index (χ3n) is 3.45. The van der Waals surface area contributed by atoms with E-state index >= 15 is 0 Å². The van der Waals surface area contributed by atoms with Crippen molar-refractivity contribution in [3.63, 3.8) is 0 Å². The summed E-state index contributed by atoms with van der Waals surface area (Å²) in [6, 6.07) is 14.3. The molecule has 21 heavy (non-hydrogen) atoms. The third-order valence-corrected chi connectivity index (χ3v) is 5.62. The molecule has 0 saturated carbocycles. The largest absolute Gasteiger partial charge is 0.320 e. The Morgan fingerprint density at radius 3 is 2.76 bits per heavy atom. The molecule has 0 radical (unpaired) electrons. The Bertz CT molecular complexity index is 845. The summed E-state index contributed by atoms with van der Waals surface area (Å²) in [6.07, 6.45) is 3.86. The third kappa shape index (κ3) is 2.29. The number of fused-ring (bicyclic) bond motifs is 1. The SMILES string of the molecule is NC(c1cnn(-c2ccccc2)c1)c1cc2sccc2s1. The van der Waals surface area contributed by atoms with Crippen LogP contribution in [-0.2, 0) is 0 Å². The predicted octanol–water partition coefficient (Wildman–Crippen LogP) is 4.20. The summed E-state index contributed by atoms with van der Waals surface area (Å²) in [6.45, 7) is 0. The van der Waals surface area contributed by atoms with Gasteiger partial charge in [-0.15, -0.1) is 22.7 Å². The lowest BCUT2D eigenvalue weighted by Crippen LogP contribution is -2.09. The summed E-state index contributed by atoms with van der Waals surface area (Å²) in [5.74, 6) is 0. The van der Waals surface area contributed by atoms with Gasteiger partial charge in [-0.1, -0.05) is 18.2 Å². The molecule has 0 amide bonds. The summed E-state index contributed by atoms with van der Waals surface area (Å²) in [4.78, 5) is 1.18. The van der Waals surface area contributed by atoms with Crippen molar-refractivity contribution in [2.45, 2.75) is 6.04 Å². The molecule has 4 rings (SSSR count). The maximum absolute atomic E-state index is 6.39. The highest BCUT2D eigenvalue weighted by atomic mass is 32.1. The van der Waals surface area contributed by atoms with Gasteiger partial charge >= 0.3 is 0 Å². The summed E-state index contributed by atoms with van der Waals surface area (Å²) in [5.41, 5.74) is 8.47. The van der Waals surface area contributed by atoms with Crippen LogP contribution in [0.25, 0.3) is 15.1 Å². The van der Waals surface area contributed by atoms with Crippen LogP contribution >= 0.6 is 22.7 Å².